The number of nitrogens with zero attached hydrogens (tertiary/aromatic N) is 2. The van der Waals surface area contributed by atoms with Gasteiger partial charge in [-0.2, -0.15) is 10.2 Å². The summed E-state index contributed by atoms with van der Waals surface area (Å²) in [4.78, 5) is 22.7. The zero-order valence-corrected chi connectivity index (χ0v) is 15.0. The van der Waals surface area contributed by atoms with Crippen molar-refractivity contribution >= 4 is 18.1 Å². The van der Waals surface area contributed by atoms with Crippen molar-refractivity contribution in [3.63, 3.8) is 0 Å². The third-order valence-electron chi connectivity index (χ3n) is 3.80. The van der Waals surface area contributed by atoms with Crippen molar-refractivity contribution in [2.24, 2.45) is 5.10 Å². The molecule has 2 aromatic carbocycles. The lowest BCUT2D eigenvalue weighted by atomic mass is 10.1. The van der Waals surface area contributed by atoms with E-state index in [1.807, 2.05) is 31.2 Å². The van der Waals surface area contributed by atoms with Crippen molar-refractivity contribution in [3.05, 3.63) is 71.4 Å². The van der Waals surface area contributed by atoms with Crippen LogP contribution in [0.1, 0.15) is 21.6 Å². The number of hydrazone groups is 1. The van der Waals surface area contributed by atoms with E-state index in [0.717, 1.165) is 11.1 Å². The van der Waals surface area contributed by atoms with E-state index in [0.29, 0.717) is 17.0 Å². The van der Waals surface area contributed by atoms with Crippen LogP contribution in [0.4, 0.5) is 0 Å². The first-order valence-corrected chi connectivity index (χ1v) is 8.40. The number of amides is 1. The third-order valence-corrected chi connectivity index (χ3v) is 3.80. The van der Waals surface area contributed by atoms with E-state index < -0.39 is 18.5 Å². The summed E-state index contributed by atoms with van der Waals surface area (Å²) in [5.74, 6) is -1.48. The highest BCUT2D eigenvalue weighted by Gasteiger charge is 2.10. The SMILES string of the molecule is Cc1ccc(-c2cc(C(=O)N/N=C\c3ccccc3OCC(=O)[O-])[nH]n2)cc1. The predicted molar refractivity (Wildman–Crippen MR) is 101 cm³/mol. The largest absolute Gasteiger partial charge is 0.546 e. The molecule has 8 nitrogen and oxygen atoms in total. The number of H-pyrrole nitrogens is 1. The minimum atomic E-state index is -1.33. The van der Waals surface area contributed by atoms with Crippen LogP contribution >= 0.6 is 0 Å². The van der Waals surface area contributed by atoms with E-state index in [9.17, 15) is 14.7 Å². The second-order valence-electron chi connectivity index (χ2n) is 5.93. The summed E-state index contributed by atoms with van der Waals surface area (Å²) in [5.41, 5.74) is 5.83. The van der Waals surface area contributed by atoms with Crippen LogP contribution in [0, 0.1) is 6.92 Å². The molecule has 0 aliphatic heterocycles. The van der Waals surface area contributed by atoms with Gasteiger partial charge in [0, 0.05) is 11.1 Å². The Kier molecular flexibility index (Phi) is 5.81. The molecule has 0 aliphatic carbocycles. The molecule has 3 rings (SSSR count). The lowest BCUT2D eigenvalue weighted by Crippen LogP contribution is -2.29. The van der Waals surface area contributed by atoms with Crippen molar-refractivity contribution in [2.45, 2.75) is 6.92 Å². The number of carbonyl (C=O) groups is 2. The molecule has 8 heteroatoms. The minimum Gasteiger partial charge on any atom is -0.546 e. The molecule has 0 unspecified atom stereocenters. The number of benzene rings is 2. The van der Waals surface area contributed by atoms with E-state index in [4.69, 9.17) is 4.74 Å². The molecular weight excluding hydrogens is 360 g/mol. The fourth-order valence-corrected chi connectivity index (χ4v) is 2.39. The third kappa shape index (κ3) is 4.82. The van der Waals surface area contributed by atoms with Gasteiger partial charge in [0.1, 0.15) is 18.1 Å². The van der Waals surface area contributed by atoms with Gasteiger partial charge >= 0.3 is 0 Å². The number of carboxylic acids is 1. The predicted octanol–water partition coefficient (Wildman–Crippen LogP) is 1.28. The average Bonchev–Trinajstić information content (AvgIpc) is 3.18. The Morgan fingerprint density at radius 1 is 1.21 bits per heavy atom. The number of aromatic nitrogens is 2. The summed E-state index contributed by atoms with van der Waals surface area (Å²) in [6.07, 6.45) is 1.36. The van der Waals surface area contributed by atoms with Crippen molar-refractivity contribution in [3.8, 4) is 17.0 Å². The number of aromatic amines is 1. The average molecular weight is 377 g/mol. The number of para-hydroxylation sites is 1. The number of hydrogen-bond acceptors (Lipinski definition) is 6. The van der Waals surface area contributed by atoms with Gasteiger partial charge < -0.3 is 14.6 Å². The van der Waals surface area contributed by atoms with E-state index in [1.54, 1.807) is 30.3 Å². The number of ether oxygens (including phenoxy) is 1. The molecule has 0 saturated heterocycles. The highest BCUT2D eigenvalue weighted by Crippen LogP contribution is 2.18. The minimum absolute atomic E-state index is 0.259. The molecule has 0 saturated carbocycles. The first-order chi connectivity index (χ1) is 13.5. The monoisotopic (exact) mass is 377 g/mol. The molecule has 0 bridgehead atoms. The summed E-state index contributed by atoms with van der Waals surface area (Å²) in [6, 6.07) is 16.1. The van der Waals surface area contributed by atoms with Crippen LogP contribution < -0.4 is 15.3 Å². The second-order valence-corrected chi connectivity index (χ2v) is 5.93. The molecule has 1 amide bonds. The summed E-state index contributed by atoms with van der Waals surface area (Å²) in [7, 11) is 0. The fourth-order valence-electron chi connectivity index (χ4n) is 2.39. The van der Waals surface area contributed by atoms with Crippen LogP contribution in [0.25, 0.3) is 11.3 Å². The maximum absolute atomic E-state index is 12.2. The van der Waals surface area contributed by atoms with Crippen LogP contribution in [0.2, 0.25) is 0 Å². The van der Waals surface area contributed by atoms with Crippen LogP contribution in [0.15, 0.2) is 59.7 Å². The Bertz CT molecular complexity index is 1010. The first kappa shape index (κ1) is 18.8. The van der Waals surface area contributed by atoms with Crippen LogP contribution in [0.5, 0.6) is 5.75 Å². The van der Waals surface area contributed by atoms with Gasteiger partial charge in [0.2, 0.25) is 0 Å². The quantitative estimate of drug-likeness (QED) is 0.475. The molecule has 0 fully saturated rings. The lowest BCUT2D eigenvalue weighted by Gasteiger charge is -2.08. The molecule has 142 valence electrons. The van der Waals surface area contributed by atoms with Gasteiger partial charge in [-0.05, 0) is 25.1 Å². The summed E-state index contributed by atoms with van der Waals surface area (Å²) < 4.78 is 5.12. The molecule has 1 heterocycles. The molecular formula is C20H17N4O4-. The summed E-state index contributed by atoms with van der Waals surface area (Å²) in [6.45, 7) is 1.42. The van der Waals surface area contributed by atoms with Crippen molar-refractivity contribution in [1.29, 1.82) is 0 Å². The Morgan fingerprint density at radius 2 is 1.96 bits per heavy atom. The number of aliphatic carboxylic acids is 1. The summed E-state index contributed by atoms with van der Waals surface area (Å²) in [5, 5.41) is 21.2. The van der Waals surface area contributed by atoms with E-state index in [1.165, 1.54) is 6.21 Å². The zero-order valence-electron chi connectivity index (χ0n) is 15.0. The number of carboxylic acid groups (broad SMARTS) is 1. The van der Waals surface area contributed by atoms with Crippen LogP contribution in [0.3, 0.4) is 0 Å². The Hall–Kier alpha value is -3.94. The standard InChI is InChI=1S/C20H18N4O4/c1-13-6-8-14(9-7-13)16-10-17(23-22-16)20(27)24-21-11-15-4-2-3-5-18(15)28-12-19(25)26/h2-11H,12H2,1H3,(H,22,23)(H,24,27)(H,25,26)/p-1/b21-11-. The first-order valence-electron chi connectivity index (χ1n) is 8.40. The highest BCUT2D eigenvalue weighted by molar-refractivity contribution is 5.94. The van der Waals surface area contributed by atoms with E-state index in [2.05, 4.69) is 20.7 Å². The van der Waals surface area contributed by atoms with Crippen molar-refractivity contribution < 1.29 is 19.4 Å². The van der Waals surface area contributed by atoms with Crippen LogP contribution in [-0.2, 0) is 4.79 Å². The fraction of sp³-hybridized carbons (Fsp3) is 0.100. The molecule has 0 atom stereocenters. The van der Waals surface area contributed by atoms with E-state index in [-0.39, 0.29) is 5.69 Å². The highest BCUT2D eigenvalue weighted by atomic mass is 16.5. The number of carbonyl (C=O) groups excluding carboxylic acids is 2. The maximum atomic E-state index is 12.2. The van der Waals surface area contributed by atoms with Crippen molar-refractivity contribution in [1.82, 2.24) is 15.6 Å². The molecule has 3 aromatic rings. The van der Waals surface area contributed by atoms with Gasteiger partial charge in [0.25, 0.3) is 5.91 Å². The van der Waals surface area contributed by atoms with E-state index >= 15 is 0 Å². The maximum Gasteiger partial charge on any atom is 0.289 e. The second kappa shape index (κ2) is 8.63. The summed E-state index contributed by atoms with van der Waals surface area (Å²) >= 11 is 0. The van der Waals surface area contributed by atoms with Crippen LogP contribution in [-0.4, -0.2) is 34.9 Å². The van der Waals surface area contributed by atoms with Gasteiger partial charge in [-0.1, -0.05) is 42.0 Å². The topological polar surface area (TPSA) is 119 Å². The Morgan fingerprint density at radius 3 is 2.71 bits per heavy atom. The Labute approximate surface area is 160 Å². The van der Waals surface area contributed by atoms with Gasteiger partial charge in [-0.25, -0.2) is 5.43 Å². The van der Waals surface area contributed by atoms with Gasteiger partial charge in [0.05, 0.1) is 17.9 Å². The van der Waals surface area contributed by atoms with Gasteiger partial charge in [-0.15, -0.1) is 0 Å². The molecule has 0 aliphatic rings. The molecule has 28 heavy (non-hydrogen) atoms. The molecule has 0 spiro atoms. The normalized spacial score (nSPS) is 10.8. The smallest absolute Gasteiger partial charge is 0.289 e. The van der Waals surface area contributed by atoms with Crippen molar-refractivity contribution in [2.75, 3.05) is 6.61 Å². The number of rotatable bonds is 7. The molecule has 1 aromatic heterocycles. The zero-order chi connectivity index (χ0) is 19.9. The lowest BCUT2D eigenvalue weighted by molar-refractivity contribution is -0.307. The Balaban J connectivity index is 1.65. The molecule has 2 N–H and O–H groups in total. The number of aryl methyl sites for hydroxylation is 1. The van der Waals surface area contributed by atoms with Gasteiger partial charge in [-0.3, -0.25) is 9.89 Å². The van der Waals surface area contributed by atoms with Gasteiger partial charge in [0.15, 0.2) is 0 Å². The number of hydrogen-bond donors (Lipinski definition) is 2. The number of nitrogens with one attached hydrogen (secondary N) is 2. The molecule has 0 radical (unpaired) electrons.